The van der Waals surface area contributed by atoms with Crippen molar-refractivity contribution in [3.8, 4) is 0 Å². The lowest BCUT2D eigenvalue weighted by molar-refractivity contribution is 0.170. The Hall–Kier alpha value is -1.69. The lowest BCUT2D eigenvalue weighted by Gasteiger charge is -2.31. The van der Waals surface area contributed by atoms with Gasteiger partial charge in [0.1, 0.15) is 0 Å². The Morgan fingerprint density at radius 2 is 1.92 bits per heavy atom. The highest BCUT2D eigenvalue weighted by Crippen LogP contribution is 2.27. The van der Waals surface area contributed by atoms with Gasteiger partial charge in [-0.25, -0.2) is 9.67 Å². The standard InChI is InChI=1S/C19H30N6/c1-15-19(21-14-20-15)13-24-9-7-18(8-10-24)25-12-17(22-23-25)11-16-5-3-2-4-6-16/h12,14,16,18H,2-11,13H2,1H3,(H,20,21). The first-order chi connectivity index (χ1) is 12.3. The van der Waals surface area contributed by atoms with Crippen LogP contribution in [0.2, 0.25) is 0 Å². The molecular weight excluding hydrogens is 312 g/mol. The molecule has 0 radical (unpaired) electrons. The van der Waals surface area contributed by atoms with E-state index >= 15 is 0 Å². The zero-order valence-corrected chi connectivity index (χ0v) is 15.3. The van der Waals surface area contributed by atoms with E-state index < -0.39 is 0 Å². The zero-order valence-electron chi connectivity index (χ0n) is 15.3. The molecule has 0 bridgehead atoms. The van der Waals surface area contributed by atoms with Gasteiger partial charge in [-0.05, 0) is 32.1 Å². The second-order valence-corrected chi connectivity index (χ2v) is 7.88. The fourth-order valence-electron chi connectivity index (χ4n) is 4.37. The number of rotatable bonds is 5. The maximum Gasteiger partial charge on any atom is 0.0925 e. The number of piperidine rings is 1. The summed E-state index contributed by atoms with van der Waals surface area (Å²) in [4.78, 5) is 10.1. The molecule has 4 rings (SSSR count). The van der Waals surface area contributed by atoms with E-state index in [0.717, 1.165) is 44.8 Å². The largest absolute Gasteiger partial charge is 0.348 e. The SMILES string of the molecule is Cc1[nH]cnc1CN1CCC(n2cc(CC3CCCCC3)nn2)CC1. The lowest BCUT2D eigenvalue weighted by atomic mass is 9.86. The highest BCUT2D eigenvalue weighted by atomic mass is 15.4. The molecule has 136 valence electrons. The summed E-state index contributed by atoms with van der Waals surface area (Å²) in [6.45, 7) is 5.26. The molecule has 1 aliphatic carbocycles. The molecule has 0 amide bonds. The van der Waals surface area contributed by atoms with Gasteiger partial charge in [0.15, 0.2) is 0 Å². The maximum atomic E-state index is 4.46. The molecule has 25 heavy (non-hydrogen) atoms. The van der Waals surface area contributed by atoms with Gasteiger partial charge in [0.2, 0.25) is 0 Å². The Balaban J connectivity index is 1.28. The Kier molecular flexibility index (Phi) is 5.15. The van der Waals surface area contributed by atoms with Gasteiger partial charge in [-0.3, -0.25) is 4.90 Å². The zero-order chi connectivity index (χ0) is 17.1. The molecule has 6 heteroatoms. The molecule has 1 saturated carbocycles. The van der Waals surface area contributed by atoms with Gasteiger partial charge in [0.25, 0.3) is 0 Å². The fraction of sp³-hybridized carbons (Fsp3) is 0.737. The third kappa shape index (κ3) is 4.11. The summed E-state index contributed by atoms with van der Waals surface area (Å²) in [6, 6.07) is 0.504. The summed E-state index contributed by atoms with van der Waals surface area (Å²) < 4.78 is 2.13. The van der Waals surface area contributed by atoms with Gasteiger partial charge in [0.05, 0.1) is 23.8 Å². The Morgan fingerprint density at radius 3 is 2.64 bits per heavy atom. The predicted molar refractivity (Wildman–Crippen MR) is 97.2 cm³/mol. The van der Waals surface area contributed by atoms with Gasteiger partial charge in [0, 0.05) is 31.5 Å². The normalized spacial score (nSPS) is 21.0. The topological polar surface area (TPSA) is 62.6 Å². The summed E-state index contributed by atoms with van der Waals surface area (Å²) >= 11 is 0. The monoisotopic (exact) mass is 342 g/mol. The summed E-state index contributed by atoms with van der Waals surface area (Å²) in [6.07, 6.45) is 14.4. The Bertz CT molecular complexity index is 661. The Labute approximate surface area is 150 Å². The van der Waals surface area contributed by atoms with Gasteiger partial charge < -0.3 is 4.98 Å². The van der Waals surface area contributed by atoms with Crippen molar-refractivity contribution in [3.63, 3.8) is 0 Å². The molecule has 1 aliphatic heterocycles. The van der Waals surface area contributed by atoms with Crippen molar-refractivity contribution >= 4 is 0 Å². The van der Waals surface area contributed by atoms with Crippen LogP contribution >= 0.6 is 0 Å². The van der Waals surface area contributed by atoms with E-state index in [9.17, 15) is 0 Å². The molecule has 1 saturated heterocycles. The van der Waals surface area contributed by atoms with Crippen molar-refractivity contribution in [1.82, 2.24) is 29.9 Å². The van der Waals surface area contributed by atoms with E-state index in [2.05, 4.69) is 43.0 Å². The minimum Gasteiger partial charge on any atom is -0.348 e. The average Bonchev–Trinajstić information content (AvgIpc) is 3.26. The molecule has 0 atom stereocenters. The van der Waals surface area contributed by atoms with E-state index in [1.54, 1.807) is 6.33 Å². The number of likely N-dealkylation sites (tertiary alicyclic amines) is 1. The van der Waals surface area contributed by atoms with E-state index in [0.29, 0.717) is 6.04 Å². The molecule has 2 fully saturated rings. The molecule has 0 aromatic carbocycles. The summed E-state index contributed by atoms with van der Waals surface area (Å²) in [7, 11) is 0. The van der Waals surface area contributed by atoms with Crippen molar-refractivity contribution in [2.45, 2.75) is 70.9 Å². The summed E-state index contributed by atoms with van der Waals surface area (Å²) in [5.74, 6) is 0.831. The molecule has 6 nitrogen and oxygen atoms in total. The first-order valence-electron chi connectivity index (χ1n) is 9.90. The smallest absolute Gasteiger partial charge is 0.0925 e. The van der Waals surface area contributed by atoms with Crippen molar-refractivity contribution in [3.05, 3.63) is 29.6 Å². The minimum atomic E-state index is 0.504. The first-order valence-corrected chi connectivity index (χ1v) is 9.90. The van der Waals surface area contributed by atoms with Gasteiger partial charge >= 0.3 is 0 Å². The van der Waals surface area contributed by atoms with Crippen LogP contribution in [0.25, 0.3) is 0 Å². The number of nitrogens with zero attached hydrogens (tertiary/aromatic N) is 5. The van der Waals surface area contributed by atoms with Crippen molar-refractivity contribution in [2.24, 2.45) is 5.92 Å². The predicted octanol–water partition coefficient (Wildman–Crippen LogP) is 3.27. The quantitative estimate of drug-likeness (QED) is 0.906. The van der Waals surface area contributed by atoms with Crippen LogP contribution < -0.4 is 0 Å². The number of hydrogen-bond acceptors (Lipinski definition) is 4. The van der Waals surface area contributed by atoms with E-state index in [1.807, 2.05) is 0 Å². The molecule has 2 aliphatic rings. The molecular formula is C19H30N6. The maximum absolute atomic E-state index is 4.46. The van der Waals surface area contributed by atoms with Crippen LogP contribution in [0.1, 0.15) is 68.1 Å². The number of aromatic amines is 1. The van der Waals surface area contributed by atoms with Crippen LogP contribution in [-0.2, 0) is 13.0 Å². The van der Waals surface area contributed by atoms with Gasteiger partial charge in [-0.1, -0.05) is 37.3 Å². The van der Waals surface area contributed by atoms with Crippen LogP contribution in [0.5, 0.6) is 0 Å². The number of aromatic nitrogens is 5. The van der Waals surface area contributed by atoms with Crippen LogP contribution in [0.3, 0.4) is 0 Å². The lowest BCUT2D eigenvalue weighted by Crippen LogP contribution is -2.34. The molecule has 2 aromatic heterocycles. The number of nitrogens with one attached hydrogen (secondary N) is 1. The van der Waals surface area contributed by atoms with Gasteiger partial charge in [-0.15, -0.1) is 5.10 Å². The van der Waals surface area contributed by atoms with E-state index in [1.165, 1.54) is 49.2 Å². The van der Waals surface area contributed by atoms with Crippen LogP contribution in [0.4, 0.5) is 0 Å². The van der Waals surface area contributed by atoms with Crippen molar-refractivity contribution < 1.29 is 0 Å². The Morgan fingerprint density at radius 1 is 1.12 bits per heavy atom. The molecule has 1 N–H and O–H groups in total. The second kappa shape index (κ2) is 7.68. The molecule has 0 spiro atoms. The van der Waals surface area contributed by atoms with E-state index in [4.69, 9.17) is 0 Å². The number of hydrogen-bond donors (Lipinski definition) is 1. The van der Waals surface area contributed by atoms with Crippen molar-refractivity contribution in [2.75, 3.05) is 13.1 Å². The number of imidazole rings is 1. The number of aryl methyl sites for hydroxylation is 1. The third-order valence-electron chi connectivity index (χ3n) is 6.02. The van der Waals surface area contributed by atoms with Crippen LogP contribution in [-0.4, -0.2) is 43.0 Å². The van der Waals surface area contributed by atoms with Crippen LogP contribution in [0, 0.1) is 12.8 Å². The molecule has 2 aromatic rings. The average molecular weight is 342 g/mol. The van der Waals surface area contributed by atoms with Crippen molar-refractivity contribution in [1.29, 1.82) is 0 Å². The number of H-pyrrole nitrogens is 1. The summed E-state index contributed by atoms with van der Waals surface area (Å²) in [5, 5.41) is 8.91. The minimum absolute atomic E-state index is 0.504. The first kappa shape index (κ1) is 16.8. The molecule has 3 heterocycles. The van der Waals surface area contributed by atoms with Gasteiger partial charge in [-0.2, -0.15) is 0 Å². The van der Waals surface area contributed by atoms with E-state index in [-0.39, 0.29) is 0 Å². The fourth-order valence-corrected chi connectivity index (χ4v) is 4.37. The third-order valence-corrected chi connectivity index (χ3v) is 6.02. The summed E-state index contributed by atoms with van der Waals surface area (Å²) in [5.41, 5.74) is 3.56. The van der Waals surface area contributed by atoms with Crippen LogP contribution in [0.15, 0.2) is 12.5 Å². The highest BCUT2D eigenvalue weighted by Gasteiger charge is 2.23. The molecule has 0 unspecified atom stereocenters. The highest BCUT2D eigenvalue weighted by molar-refractivity contribution is 5.08. The second-order valence-electron chi connectivity index (χ2n) is 7.88.